The van der Waals surface area contributed by atoms with Crippen LogP contribution in [0.1, 0.15) is 31.5 Å². The Morgan fingerprint density at radius 1 is 0.642 bits per heavy atom. The van der Waals surface area contributed by atoms with Crippen LogP contribution in [0.4, 0.5) is 22.7 Å². The highest BCUT2D eigenvalue weighted by Crippen LogP contribution is 2.35. The Bertz CT molecular complexity index is 2530. The van der Waals surface area contributed by atoms with Gasteiger partial charge in [-0.1, -0.05) is 98.3 Å². The van der Waals surface area contributed by atoms with E-state index in [1.165, 1.54) is 55.3 Å². The molecule has 0 aliphatic carbocycles. The third kappa shape index (κ3) is 6.42. The van der Waals surface area contributed by atoms with Gasteiger partial charge in [0.25, 0.3) is 0 Å². The third-order valence-corrected chi connectivity index (χ3v) is 10.4. The molecule has 8 aromatic rings. The lowest BCUT2D eigenvalue weighted by Gasteiger charge is -2.26. The van der Waals surface area contributed by atoms with Gasteiger partial charge in [-0.15, -0.1) is 0 Å². The SMILES string of the molecule is C/C=C(\C=C/CN(c1ccc(N(C)c2ccccc2CCC)cc1)c1ccc(-n2c3ccccc3c3ccccc32)cc1)n1c(C)cc2ccccc21. The molecule has 6 aromatic carbocycles. The van der Waals surface area contributed by atoms with Crippen molar-refractivity contribution in [2.45, 2.75) is 33.6 Å². The molecule has 0 aliphatic heterocycles. The molecular formula is C49H46N4. The quantitative estimate of drug-likeness (QED) is 0.126. The van der Waals surface area contributed by atoms with Crippen LogP contribution in [-0.4, -0.2) is 22.7 Å². The van der Waals surface area contributed by atoms with Crippen molar-refractivity contribution in [2.75, 3.05) is 23.4 Å². The molecule has 0 saturated carbocycles. The Balaban J connectivity index is 1.15. The maximum atomic E-state index is 2.40. The topological polar surface area (TPSA) is 16.3 Å². The van der Waals surface area contributed by atoms with Crippen LogP contribution in [0.25, 0.3) is 44.1 Å². The minimum absolute atomic E-state index is 0.707. The molecule has 8 rings (SSSR count). The molecule has 4 heteroatoms. The smallest absolute Gasteiger partial charge is 0.0541 e. The zero-order chi connectivity index (χ0) is 36.3. The van der Waals surface area contributed by atoms with Crippen molar-refractivity contribution in [3.8, 4) is 5.69 Å². The number of hydrogen-bond acceptors (Lipinski definition) is 2. The van der Waals surface area contributed by atoms with Gasteiger partial charge >= 0.3 is 0 Å². The van der Waals surface area contributed by atoms with Crippen LogP contribution in [0.2, 0.25) is 0 Å². The van der Waals surface area contributed by atoms with E-state index in [2.05, 4.69) is 217 Å². The summed E-state index contributed by atoms with van der Waals surface area (Å²) >= 11 is 0. The zero-order valence-electron chi connectivity index (χ0n) is 31.1. The lowest BCUT2D eigenvalue weighted by atomic mass is 10.1. The van der Waals surface area contributed by atoms with E-state index in [9.17, 15) is 0 Å². The van der Waals surface area contributed by atoms with Crippen LogP contribution in [0.3, 0.4) is 0 Å². The van der Waals surface area contributed by atoms with Gasteiger partial charge < -0.3 is 18.9 Å². The lowest BCUT2D eigenvalue weighted by Crippen LogP contribution is -2.17. The van der Waals surface area contributed by atoms with Crippen molar-refractivity contribution in [3.05, 3.63) is 181 Å². The second-order valence-corrected chi connectivity index (χ2v) is 13.7. The van der Waals surface area contributed by atoms with Crippen LogP contribution < -0.4 is 9.80 Å². The molecule has 0 fully saturated rings. The third-order valence-electron chi connectivity index (χ3n) is 10.4. The number of nitrogens with zero attached hydrogens (tertiary/aromatic N) is 4. The van der Waals surface area contributed by atoms with E-state index in [0.717, 1.165) is 35.6 Å². The molecule has 0 aliphatic rings. The number of rotatable bonds is 11. The van der Waals surface area contributed by atoms with Gasteiger partial charge in [-0.3, -0.25) is 0 Å². The van der Waals surface area contributed by atoms with Gasteiger partial charge in [-0.05, 0) is 111 Å². The van der Waals surface area contributed by atoms with E-state index < -0.39 is 0 Å². The Labute approximate surface area is 313 Å². The molecule has 0 unspecified atom stereocenters. The second kappa shape index (κ2) is 14.8. The van der Waals surface area contributed by atoms with E-state index in [1.807, 2.05) is 0 Å². The maximum Gasteiger partial charge on any atom is 0.0541 e. The normalized spacial score (nSPS) is 12.0. The number of aromatic nitrogens is 2. The van der Waals surface area contributed by atoms with Gasteiger partial charge in [0.05, 0.1) is 16.6 Å². The molecule has 0 amide bonds. The van der Waals surface area contributed by atoms with E-state index >= 15 is 0 Å². The lowest BCUT2D eigenvalue weighted by molar-refractivity contribution is 0.916. The molecule has 0 N–H and O–H groups in total. The largest absolute Gasteiger partial charge is 0.344 e. The summed E-state index contributed by atoms with van der Waals surface area (Å²) < 4.78 is 4.72. The average Bonchev–Trinajstić information content (AvgIpc) is 3.72. The predicted octanol–water partition coefficient (Wildman–Crippen LogP) is 13.0. The summed E-state index contributed by atoms with van der Waals surface area (Å²) in [4.78, 5) is 4.70. The second-order valence-electron chi connectivity index (χ2n) is 13.7. The van der Waals surface area contributed by atoms with E-state index in [1.54, 1.807) is 0 Å². The molecule has 2 heterocycles. The summed E-state index contributed by atoms with van der Waals surface area (Å²) in [7, 11) is 2.17. The highest BCUT2D eigenvalue weighted by atomic mass is 15.1. The van der Waals surface area contributed by atoms with E-state index in [0.29, 0.717) is 6.54 Å². The summed E-state index contributed by atoms with van der Waals surface area (Å²) in [5.74, 6) is 0. The Morgan fingerprint density at radius 2 is 1.21 bits per heavy atom. The van der Waals surface area contributed by atoms with E-state index in [4.69, 9.17) is 0 Å². The van der Waals surface area contributed by atoms with Gasteiger partial charge in [0.1, 0.15) is 0 Å². The van der Waals surface area contributed by atoms with Crippen molar-refractivity contribution in [3.63, 3.8) is 0 Å². The van der Waals surface area contributed by atoms with Crippen molar-refractivity contribution in [1.29, 1.82) is 0 Å². The number of benzene rings is 6. The first-order chi connectivity index (χ1) is 26.1. The van der Waals surface area contributed by atoms with Crippen LogP contribution in [0.15, 0.2) is 170 Å². The Hall–Kier alpha value is -6.26. The Kier molecular flexibility index (Phi) is 9.43. The first-order valence-corrected chi connectivity index (χ1v) is 18.7. The molecule has 262 valence electrons. The van der Waals surface area contributed by atoms with Crippen molar-refractivity contribution in [1.82, 2.24) is 9.13 Å². The van der Waals surface area contributed by atoms with Gasteiger partial charge in [-0.2, -0.15) is 0 Å². The fourth-order valence-corrected chi connectivity index (χ4v) is 7.87. The average molecular weight is 691 g/mol. The Morgan fingerprint density at radius 3 is 1.87 bits per heavy atom. The first kappa shape index (κ1) is 33.9. The zero-order valence-corrected chi connectivity index (χ0v) is 31.1. The molecule has 0 atom stereocenters. The fourth-order valence-electron chi connectivity index (χ4n) is 7.87. The molecule has 2 aromatic heterocycles. The van der Waals surface area contributed by atoms with Gasteiger partial charge in [0.15, 0.2) is 0 Å². The van der Waals surface area contributed by atoms with E-state index in [-0.39, 0.29) is 0 Å². The maximum absolute atomic E-state index is 2.40. The number of aryl methyl sites for hydroxylation is 2. The number of allylic oxidation sites excluding steroid dienone is 3. The first-order valence-electron chi connectivity index (χ1n) is 18.7. The molecule has 0 saturated heterocycles. The summed E-state index contributed by atoms with van der Waals surface area (Å²) in [5.41, 5.74) is 13.3. The molecule has 53 heavy (non-hydrogen) atoms. The predicted molar refractivity (Wildman–Crippen MR) is 228 cm³/mol. The summed E-state index contributed by atoms with van der Waals surface area (Å²) in [6.45, 7) is 7.25. The molecule has 4 nitrogen and oxygen atoms in total. The number of anilines is 4. The minimum Gasteiger partial charge on any atom is -0.344 e. The molecular weight excluding hydrogens is 645 g/mol. The van der Waals surface area contributed by atoms with Crippen molar-refractivity contribution >= 4 is 61.2 Å². The van der Waals surface area contributed by atoms with Crippen molar-refractivity contribution < 1.29 is 0 Å². The highest BCUT2D eigenvalue weighted by Gasteiger charge is 2.15. The molecule has 0 radical (unpaired) electrons. The van der Waals surface area contributed by atoms with Crippen molar-refractivity contribution in [2.24, 2.45) is 0 Å². The number of para-hydroxylation sites is 4. The summed E-state index contributed by atoms with van der Waals surface area (Å²) in [5, 5.41) is 3.80. The number of fused-ring (bicyclic) bond motifs is 4. The standard InChI is InChI=1S/C49H46N4/c1-5-16-37-17-7-11-22-46(37)50(4)40-26-28-41(29-27-40)51(34-15-19-39(6-2)52-36(3)35-38-18-8-12-23-47(38)52)42-30-32-43(33-31-42)53-48-24-13-9-20-44(48)45-21-10-14-25-49(45)53/h6-15,17-33,35H,5,16,34H2,1-4H3/b19-15-,39-6+. The van der Waals surface area contributed by atoms with Crippen LogP contribution in [-0.2, 0) is 6.42 Å². The monoisotopic (exact) mass is 690 g/mol. The van der Waals surface area contributed by atoms with Gasteiger partial charge in [0.2, 0.25) is 0 Å². The van der Waals surface area contributed by atoms with Crippen LogP contribution in [0.5, 0.6) is 0 Å². The van der Waals surface area contributed by atoms with Crippen LogP contribution in [0, 0.1) is 6.92 Å². The summed E-state index contributed by atoms with van der Waals surface area (Å²) in [6, 6.07) is 55.0. The summed E-state index contributed by atoms with van der Waals surface area (Å²) in [6.07, 6.45) is 8.92. The fraction of sp³-hybridized carbons (Fsp3) is 0.143. The van der Waals surface area contributed by atoms with Crippen LogP contribution >= 0.6 is 0 Å². The number of hydrogen-bond donors (Lipinski definition) is 0. The van der Waals surface area contributed by atoms with Gasteiger partial charge in [0, 0.05) is 69.6 Å². The molecule has 0 bridgehead atoms. The highest BCUT2D eigenvalue weighted by molar-refractivity contribution is 6.09. The van der Waals surface area contributed by atoms with Gasteiger partial charge in [-0.25, -0.2) is 0 Å². The minimum atomic E-state index is 0.707. The molecule has 0 spiro atoms.